The molecule has 72 valence electrons. The molecule has 0 spiro atoms. The van der Waals surface area contributed by atoms with Gasteiger partial charge < -0.3 is 9.57 Å². The first kappa shape index (κ1) is 11.7. The summed E-state index contributed by atoms with van der Waals surface area (Å²) in [5.74, 6) is 5.55. The first-order valence-corrected chi connectivity index (χ1v) is 4.03. The molecule has 3 heteroatoms. The van der Waals surface area contributed by atoms with Gasteiger partial charge in [0.05, 0.1) is 12.3 Å². The van der Waals surface area contributed by atoms with E-state index in [4.69, 9.17) is 4.74 Å². The number of hydrogen-bond acceptors (Lipinski definition) is 3. The van der Waals surface area contributed by atoms with Crippen LogP contribution in [-0.2, 0) is 9.57 Å². The minimum absolute atomic E-state index is 0.474. The highest BCUT2D eigenvalue weighted by Gasteiger charge is 1.82. The molecular weight excluding hydrogens is 166 g/mol. The molecule has 0 aromatic heterocycles. The van der Waals surface area contributed by atoms with Crippen molar-refractivity contribution >= 4 is 5.71 Å². The van der Waals surface area contributed by atoms with Gasteiger partial charge in [-0.25, -0.2) is 0 Å². The van der Waals surface area contributed by atoms with Crippen LogP contribution in [0.15, 0.2) is 17.3 Å². The summed E-state index contributed by atoms with van der Waals surface area (Å²) in [5.41, 5.74) is 0.813. The van der Waals surface area contributed by atoms with Crippen LogP contribution in [0, 0.1) is 11.8 Å². The number of ether oxygens (including phenoxy) is 1. The monoisotopic (exact) mass is 181 g/mol. The standard InChI is InChI=1S/C10H15NO2/c1-4-5-8-13-9-6-7-10(2)11-12-3/h6-7H,8-9H2,1-3H3/b7-6+,11-10+. The Morgan fingerprint density at radius 1 is 1.54 bits per heavy atom. The smallest absolute Gasteiger partial charge is 0.108 e. The quantitative estimate of drug-likeness (QED) is 0.279. The fourth-order valence-corrected chi connectivity index (χ4v) is 0.643. The van der Waals surface area contributed by atoms with Crippen molar-refractivity contribution < 1.29 is 9.57 Å². The van der Waals surface area contributed by atoms with E-state index in [0.717, 1.165) is 5.71 Å². The SMILES string of the molecule is CC#CCOC/C=C/C(C)=N/OC. The summed E-state index contributed by atoms with van der Waals surface area (Å²) >= 11 is 0. The predicted octanol–water partition coefficient (Wildman–Crippen LogP) is 1.60. The minimum Gasteiger partial charge on any atom is -0.399 e. The van der Waals surface area contributed by atoms with Crippen molar-refractivity contribution in [1.29, 1.82) is 0 Å². The molecule has 0 amide bonds. The number of oxime groups is 1. The Labute approximate surface area is 79.4 Å². The molecule has 0 radical (unpaired) electrons. The Morgan fingerprint density at radius 3 is 2.92 bits per heavy atom. The fourth-order valence-electron chi connectivity index (χ4n) is 0.643. The Bertz CT molecular complexity index is 233. The summed E-state index contributed by atoms with van der Waals surface area (Å²) in [4.78, 5) is 4.57. The summed E-state index contributed by atoms with van der Waals surface area (Å²) in [6, 6.07) is 0. The van der Waals surface area contributed by atoms with Crippen LogP contribution in [0.1, 0.15) is 13.8 Å². The molecule has 0 heterocycles. The third-order valence-electron chi connectivity index (χ3n) is 1.16. The number of rotatable bonds is 5. The number of allylic oxidation sites excluding steroid dienone is 1. The van der Waals surface area contributed by atoms with E-state index in [2.05, 4.69) is 21.8 Å². The molecule has 0 N–H and O–H groups in total. The lowest BCUT2D eigenvalue weighted by Crippen LogP contribution is -1.92. The van der Waals surface area contributed by atoms with Crippen LogP contribution in [0.4, 0.5) is 0 Å². The van der Waals surface area contributed by atoms with Crippen LogP contribution in [0.2, 0.25) is 0 Å². The molecule has 0 aliphatic heterocycles. The summed E-state index contributed by atoms with van der Waals surface area (Å²) in [5, 5.41) is 3.70. The lowest BCUT2D eigenvalue weighted by atomic mass is 10.4. The summed E-state index contributed by atoms with van der Waals surface area (Å²) in [6.07, 6.45) is 3.71. The van der Waals surface area contributed by atoms with Gasteiger partial charge in [0.25, 0.3) is 0 Å². The van der Waals surface area contributed by atoms with Gasteiger partial charge in [0, 0.05) is 0 Å². The van der Waals surface area contributed by atoms with E-state index in [1.165, 1.54) is 7.11 Å². The largest absolute Gasteiger partial charge is 0.399 e. The zero-order valence-electron chi connectivity index (χ0n) is 8.33. The predicted molar refractivity (Wildman–Crippen MR) is 53.5 cm³/mol. The van der Waals surface area contributed by atoms with Gasteiger partial charge in [-0.3, -0.25) is 0 Å². The molecule has 0 aliphatic rings. The molecular formula is C10H15NO2. The maximum absolute atomic E-state index is 5.15. The van der Waals surface area contributed by atoms with E-state index in [-0.39, 0.29) is 0 Å². The summed E-state index contributed by atoms with van der Waals surface area (Å²) < 4.78 is 5.15. The molecule has 0 aliphatic carbocycles. The zero-order valence-corrected chi connectivity index (χ0v) is 8.33. The van der Waals surface area contributed by atoms with Crippen molar-refractivity contribution in [3.8, 4) is 11.8 Å². The molecule has 0 fully saturated rings. The van der Waals surface area contributed by atoms with Gasteiger partial charge in [-0.1, -0.05) is 17.2 Å². The molecule has 0 rings (SSSR count). The van der Waals surface area contributed by atoms with E-state index < -0.39 is 0 Å². The van der Waals surface area contributed by atoms with Crippen LogP contribution in [-0.4, -0.2) is 26.0 Å². The van der Waals surface area contributed by atoms with E-state index in [9.17, 15) is 0 Å². The molecule has 3 nitrogen and oxygen atoms in total. The van der Waals surface area contributed by atoms with Gasteiger partial charge in [0.15, 0.2) is 0 Å². The molecule has 0 saturated carbocycles. The first-order chi connectivity index (χ1) is 6.31. The first-order valence-electron chi connectivity index (χ1n) is 4.03. The van der Waals surface area contributed by atoms with Crippen LogP contribution in [0.3, 0.4) is 0 Å². The lowest BCUT2D eigenvalue weighted by Gasteiger charge is -1.92. The van der Waals surface area contributed by atoms with E-state index in [1.54, 1.807) is 6.92 Å². The fraction of sp³-hybridized carbons (Fsp3) is 0.500. The van der Waals surface area contributed by atoms with Gasteiger partial charge in [-0.05, 0) is 19.9 Å². The molecule has 0 unspecified atom stereocenters. The van der Waals surface area contributed by atoms with Crippen LogP contribution < -0.4 is 0 Å². The van der Waals surface area contributed by atoms with Crippen molar-refractivity contribution in [3.05, 3.63) is 12.2 Å². The van der Waals surface area contributed by atoms with Gasteiger partial charge in [-0.15, -0.1) is 5.92 Å². The normalized spacial score (nSPS) is 11.2. The maximum atomic E-state index is 5.15. The van der Waals surface area contributed by atoms with Gasteiger partial charge in [-0.2, -0.15) is 0 Å². The second-order valence-corrected chi connectivity index (χ2v) is 2.26. The highest BCUT2D eigenvalue weighted by atomic mass is 16.6. The Morgan fingerprint density at radius 2 is 2.31 bits per heavy atom. The Balaban J connectivity index is 3.50. The molecule has 0 bridgehead atoms. The van der Waals surface area contributed by atoms with Crippen molar-refractivity contribution in [2.24, 2.45) is 5.16 Å². The van der Waals surface area contributed by atoms with Crippen molar-refractivity contribution in [1.82, 2.24) is 0 Å². The second kappa shape index (κ2) is 8.82. The molecule has 0 aromatic carbocycles. The third-order valence-corrected chi connectivity index (χ3v) is 1.16. The minimum atomic E-state index is 0.474. The average Bonchev–Trinajstić information content (AvgIpc) is 2.11. The van der Waals surface area contributed by atoms with Gasteiger partial charge in [0.1, 0.15) is 13.7 Å². The lowest BCUT2D eigenvalue weighted by molar-refractivity contribution is 0.199. The number of hydrogen-bond donors (Lipinski definition) is 0. The highest BCUT2D eigenvalue weighted by molar-refractivity contribution is 5.92. The molecule has 0 atom stereocenters. The van der Waals surface area contributed by atoms with Crippen LogP contribution in [0.25, 0.3) is 0 Å². The second-order valence-electron chi connectivity index (χ2n) is 2.26. The van der Waals surface area contributed by atoms with Gasteiger partial charge in [0.2, 0.25) is 0 Å². The van der Waals surface area contributed by atoms with E-state index >= 15 is 0 Å². The van der Waals surface area contributed by atoms with Crippen molar-refractivity contribution in [2.45, 2.75) is 13.8 Å². The maximum Gasteiger partial charge on any atom is 0.108 e. The Hall–Kier alpha value is -1.27. The van der Waals surface area contributed by atoms with Crippen molar-refractivity contribution in [2.75, 3.05) is 20.3 Å². The summed E-state index contributed by atoms with van der Waals surface area (Å²) in [6.45, 7) is 4.66. The van der Waals surface area contributed by atoms with Crippen molar-refractivity contribution in [3.63, 3.8) is 0 Å². The van der Waals surface area contributed by atoms with Crippen LogP contribution >= 0.6 is 0 Å². The highest BCUT2D eigenvalue weighted by Crippen LogP contribution is 1.83. The van der Waals surface area contributed by atoms with Crippen LogP contribution in [0.5, 0.6) is 0 Å². The van der Waals surface area contributed by atoms with E-state index in [0.29, 0.717) is 13.2 Å². The van der Waals surface area contributed by atoms with E-state index in [1.807, 2.05) is 19.1 Å². The topological polar surface area (TPSA) is 30.8 Å². The molecule has 0 saturated heterocycles. The summed E-state index contributed by atoms with van der Waals surface area (Å²) in [7, 11) is 1.52. The Kier molecular flexibility index (Phi) is 7.96. The van der Waals surface area contributed by atoms with Gasteiger partial charge >= 0.3 is 0 Å². The average molecular weight is 181 g/mol. The molecule has 13 heavy (non-hydrogen) atoms. The third kappa shape index (κ3) is 8.64. The number of nitrogens with zero attached hydrogens (tertiary/aromatic N) is 1. The zero-order chi connectivity index (χ0) is 9.94. The molecule has 0 aromatic rings.